The number of piperidine rings is 1. The van der Waals surface area contributed by atoms with E-state index in [1.807, 2.05) is 0 Å². The third kappa shape index (κ3) is 5.50. The van der Waals surface area contributed by atoms with E-state index < -0.39 is 9.84 Å². The highest BCUT2D eigenvalue weighted by Crippen LogP contribution is 2.29. The molecule has 9 heteroatoms. The first-order valence-corrected chi connectivity index (χ1v) is 12.4. The molecule has 3 heterocycles. The molecule has 0 saturated carbocycles. The Morgan fingerprint density at radius 3 is 2.47 bits per heavy atom. The fourth-order valence-corrected chi connectivity index (χ4v) is 4.73. The zero-order chi connectivity index (χ0) is 21.9. The van der Waals surface area contributed by atoms with Gasteiger partial charge in [0.15, 0.2) is 15.7 Å². The zero-order valence-corrected chi connectivity index (χ0v) is 19.3. The van der Waals surface area contributed by atoms with Gasteiger partial charge in [0.05, 0.1) is 17.2 Å². The summed E-state index contributed by atoms with van der Waals surface area (Å²) in [5.74, 6) is 2.64. The number of rotatable bonds is 8. The number of hydrogen-bond acceptors (Lipinski definition) is 8. The molecule has 0 aliphatic carbocycles. The minimum Gasteiger partial charge on any atom is -0.478 e. The fraction of sp³-hybridized carbons (Fsp3) is 0.667. The largest absolute Gasteiger partial charge is 0.478 e. The maximum Gasteiger partial charge on any atom is 0.324 e. The van der Waals surface area contributed by atoms with Gasteiger partial charge in [0.2, 0.25) is 5.88 Å². The lowest BCUT2D eigenvalue weighted by atomic mass is 9.84. The summed E-state index contributed by atoms with van der Waals surface area (Å²) in [6.45, 7) is 10.5. The molecular weight excluding hydrogens is 404 g/mol. The van der Waals surface area contributed by atoms with Gasteiger partial charge in [-0.05, 0) is 44.1 Å². The van der Waals surface area contributed by atoms with Crippen LogP contribution >= 0.6 is 0 Å². The van der Waals surface area contributed by atoms with E-state index in [-0.39, 0.29) is 10.8 Å². The van der Waals surface area contributed by atoms with Gasteiger partial charge in [0, 0.05) is 31.3 Å². The van der Waals surface area contributed by atoms with Crippen molar-refractivity contribution in [2.45, 2.75) is 57.8 Å². The second kappa shape index (κ2) is 9.32. The van der Waals surface area contributed by atoms with Crippen molar-refractivity contribution in [1.82, 2.24) is 15.1 Å². The highest BCUT2D eigenvalue weighted by molar-refractivity contribution is 7.90. The maximum atomic E-state index is 11.7. The average Bonchev–Trinajstić information content (AvgIpc) is 3.18. The molecule has 0 bridgehead atoms. The van der Waals surface area contributed by atoms with Crippen molar-refractivity contribution in [3.8, 4) is 5.88 Å². The van der Waals surface area contributed by atoms with Gasteiger partial charge in [-0.25, -0.2) is 13.4 Å². The molecule has 166 valence electrons. The molecule has 30 heavy (non-hydrogen) atoms. The number of hydrogen-bond donors (Lipinski definition) is 0. The third-order valence-corrected chi connectivity index (χ3v) is 7.03. The first kappa shape index (κ1) is 22.5. The molecule has 0 aromatic carbocycles. The Morgan fingerprint density at radius 2 is 1.90 bits per heavy atom. The number of aryl methyl sites for hydroxylation is 1. The zero-order valence-electron chi connectivity index (χ0n) is 18.5. The molecule has 8 nitrogen and oxygen atoms in total. The van der Waals surface area contributed by atoms with E-state index in [1.165, 1.54) is 6.26 Å². The van der Waals surface area contributed by atoms with E-state index >= 15 is 0 Å². The average molecular weight is 437 g/mol. The van der Waals surface area contributed by atoms with Crippen LogP contribution in [0.25, 0.3) is 0 Å². The van der Waals surface area contributed by atoms with Crippen LogP contribution in [-0.4, -0.2) is 49.5 Å². The molecular formula is C21H32N4O4S. The first-order valence-electron chi connectivity index (χ1n) is 10.5. The molecule has 2 aromatic rings. The maximum absolute atomic E-state index is 11.7. The van der Waals surface area contributed by atoms with Crippen LogP contribution in [0.5, 0.6) is 5.88 Å². The molecule has 3 rings (SSSR count). The Labute approximate surface area is 178 Å². The molecule has 1 aliphatic heterocycles. The lowest BCUT2D eigenvalue weighted by molar-refractivity contribution is 0.216. The Balaban J connectivity index is 1.45. The molecule has 1 atom stereocenters. The lowest BCUT2D eigenvalue weighted by Gasteiger charge is -2.33. The topological polar surface area (TPSA) is 98.4 Å². The van der Waals surface area contributed by atoms with Crippen molar-refractivity contribution < 1.29 is 17.7 Å². The van der Waals surface area contributed by atoms with Gasteiger partial charge >= 0.3 is 6.01 Å². The van der Waals surface area contributed by atoms with E-state index in [0.29, 0.717) is 36.0 Å². The van der Waals surface area contributed by atoms with Gasteiger partial charge in [0.1, 0.15) is 0 Å². The smallest absolute Gasteiger partial charge is 0.324 e. The standard InChI is InChI=1S/C21H32N4O4S/c1-14(2)20-23-21(29-24-20)25-11-8-17(9-12-25)15(3)10-13-28-19-7-6-18(16(4)22-19)30(5,26)27/h6-7,14-15,17H,8-13H2,1-5H3/t15-/m0/s1. The Kier molecular flexibility index (Phi) is 7.00. The second-order valence-corrected chi connectivity index (χ2v) is 10.5. The quantitative estimate of drug-likeness (QED) is 0.619. The minimum atomic E-state index is -3.26. The summed E-state index contributed by atoms with van der Waals surface area (Å²) >= 11 is 0. The van der Waals surface area contributed by atoms with Crippen LogP contribution < -0.4 is 9.64 Å². The predicted octanol–water partition coefficient (Wildman–Crippen LogP) is 3.62. The summed E-state index contributed by atoms with van der Waals surface area (Å²) < 4.78 is 34.6. The van der Waals surface area contributed by atoms with Crippen LogP contribution in [-0.2, 0) is 9.84 Å². The molecule has 0 unspecified atom stereocenters. The summed E-state index contributed by atoms with van der Waals surface area (Å²) in [5.41, 5.74) is 0.470. The van der Waals surface area contributed by atoms with Crippen molar-refractivity contribution in [3.63, 3.8) is 0 Å². The van der Waals surface area contributed by atoms with Crippen LogP contribution in [0.2, 0.25) is 0 Å². The fourth-order valence-electron chi connectivity index (χ4n) is 3.83. The van der Waals surface area contributed by atoms with Gasteiger partial charge < -0.3 is 14.2 Å². The number of nitrogens with zero attached hydrogens (tertiary/aromatic N) is 4. The van der Waals surface area contributed by atoms with E-state index in [9.17, 15) is 8.42 Å². The number of ether oxygens (including phenoxy) is 1. The van der Waals surface area contributed by atoms with Crippen LogP contribution in [0.3, 0.4) is 0 Å². The molecule has 0 amide bonds. The van der Waals surface area contributed by atoms with Crippen molar-refractivity contribution in [2.24, 2.45) is 11.8 Å². The summed E-state index contributed by atoms with van der Waals surface area (Å²) in [5, 5.41) is 4.06. The SMILES string of the molecule is Cc1nc(OCC[C@H](C)C2CCN(c3nc(C(C)C)no3)CC2)ccc1S(C)(=O)=O. The van der Waals surface area contributed by atoms with Crippen molar-refractivity contribution >= 4 is 15.9 Å². The van der Waals surface area contributed by atoms with E-state index in [1.54, 1.807) is 19.1 Å². The summed E-state index contributed by atoms with van der Waals surface area (Å²) in [4.78, 5) is 11.2. The highest BCUT2D eigenvalue weighted by atomic mass is 32.2. The summed E-state index contributed by atoms with van der Waals surface area (Å²) in [6.07, 6.45) is 4.28. The van der Waals surface area contributed by atoms with E-state index in [2.05, 4.69) is 40.8 Å². The molecule has 1 aliphatic rings. The molecule has 0 radical (unpaired) electrons. The molecule has 0 N–H and O–H groups in total. The van der Waals surface area contributed by atoms with Crippen LogP contribution in [0.4, 0.5) is 6.01 Å². The molecule has 0 spiro atoms. The second-order valence-electron chi connectivity index (χ2n) is 8.53. The predicted molar refractivity (Wildman–Crippen MR) is 115 cm³/mol. The molecule has 2 aromatic heterocycles. The van der Waals surface area contributed by atoms with Gasteiger partial charge in [0.25, 0.3) is 0 Å². The minimum absolute atomic E-state index is 0.247. The highest BCUT2D eigenvalue weighted by Gasteiger charge is 2.26. The Morgan fingerprint density at radius 1 is 1.20 bits per heavy atom. The Bertz CT molecular complexity index is 950. The van der Waals surface area contributed by atoms with Crippen LogP contribution in [0.1, 0.15) is 57.5 Å². The lowest BCUT2D eigenvalue weighted by Crippen LogP contribution is -2.36. The normalized spacial score (nSPS) is 16.8. The monoisotopic (exact) mass is 436 g/mol. The first-order chi connectivity index (χ1) is 14.1. The van der Waals surface area contributed by atoms with Crippen molar-refractivity contribution in [1.29, 1.82) is 0 Å². The summed E-state index contributed by atoms with van der Waals surface area (Å²) in [7, 11) is -3.26. The van der Waals surface area contributed by atoms with Gasteiger partial charge in [-0.3, -0.25) is 0 Å². The van der Waals surface area contributed by atoms with Gasteiger partial charge in [-0.2, -0.15) is 4.98 Å². The Hall–Kier alpha value is -2.16. The molecule has 1 fully saturated rings. The molecule has 1 saturated heterocycles. The van der Waals surface area contributed by atoms with Crippen LogP contribution in [0.15, 0.2) is 21.6 Å². The number of aromatic nitrogens is 3. The van der Waals surface area contributed by atoms with E-state index in [4.69, 9.17) is 9.26 Å². The number of anilines is 1. The van der Waals surface area contributed by atoms with E-state index in [0.717, 1.165) is 38.2 Å². The van der Waals surface area contributed by atoms with Gasteiger partial charge in [-0.1, -0.05) is 25.9 Å². The van der Waals surface area contributed by atoms with Gasteiger partial charge in [-0.15, -0.1) is 0 Å². The van der Waals surface area contributed by atoms with Crippen molar-refractivity contribution in [3.05, 3.63) is 23.7 Å². The van der Waals surface area contributed by atoms with Crippen molar-refractivity contribution in [2.75, 3.05) is 30.9 Å². The third-order valence-electron chi connectivity index (χ3n) is 5.80. The number of pyridine rings is 1. The number of sulfone groups is 1. The van der Waals surface area contributed by atoms with Crippen LogP contribution in [0, 0.1) is 18.8 Å². The summed E-state index contributed by atoms with van der Waals surface area (Å²) in [6, 6.07) is 3.82.